The normalized spacial score (nSPS) is 35.7. The second kappa shape index (κ2) is 8.97. The molecule has 5 nitrogen and oxygen atoms in total. The minimum atomic E-state index is 0.0774. The minimum Gasteiger partial charge on any atom is -0.347 e. The lowest BCUT2D eigenvalue weighted by atomic mass is 9.42. The number of fused-ring (bicyclic) bond motifs is 2. The first kappa shape index (κ1) is 23.5. The maximum Gasteiger partial charge on any atom is 0.242 e. The molecule has 0 spiro atoms. The van der Waals surface area contributed by atoms with Gasteiger partial charge < -0.3 is 10.2 Å². The molecule has 1 N–H and O–H groups in total. The van der Waals surface area contributed by atoms with E-state index in [0.717, 1.165) is 44.3 Å². The largest absolute Gasteiger partial charge is 0.347 e. The third kappa shape index (κ3) is 4.29. The quantitative estimate of drug-likeness (QED) is 0.612. The van der Waals surface area contributed by atoms with Gasteiger partial charge in [0.05, 0.1) is 6.54 Å². The van der Waals surface area contributed by atoms with E-state index in [4.69, 9.17) is 0 Å². The number of rotatable bonds is 7. The van der Waals surface area contributed by atoms with Crippen LogP contribution in [0, 0.1) is 17.3 Å². The van der Waals surface area contributed by atoms with E-state index in [0.29, 0.717) is 12.5 Å². The molecule has 5 heteroatoms. The van der Waals surface area contributed by atoms with Gasteiger partial charge in [0.25, 0.3) is 0 Å². The molecule has 8 rings (SSSR count). The highest BCUT2D eigenvalue weighted by molar-refractivity contribution is 5.85. The van der Waals surface area contributed by atoms with E-state index in [-0.39, 0.29) is 35.2 Å². The second-order valence-electron chi connectivity index (χ2n) is 13.1. The van der Waals surface area contributed by atoms with Crippen LogP contribution in [-0.4, -0.2) is 53.3 Å². The SMILES string of the molecule is O=C(CC12CC3CC(C1)CC(c1ccccc1)(C3)C2)NCC(=O)N1CC2CC1CN2Cc1ccccc1. The Morgan fingerprint density at radius 2 is 1.54 bits per heavy atom. The Balaban J connectivity index is 0.944. The number of amides is 2. The summed E-state index contributed by atoms with van der Waals surface area (Å²) in [6.07, 6.45) is 9.06. The maximum absolute atomic E-state index is 13.2. The van der Waals surface area contributed by atoms with Crippen molar-refractivity contribution in [2.45, 2.75) is 75.4 Å². The van der Waals surface area contributed by atoms with Crippen LogP contribution < -0.4 is 5.32 Å². The van der Waals surface area contributed by atoms with Crippen molar-refractivity contribution < 1.29 is 9.59 Å². The molecule has 0 radical (unpaired) electrons. The third-order valence-electron chi connectivity index (χ3n) is 10.4. The van der Waals surface area contributed by atoms with Crippen LogP contribution in [0.15, 0.2) is 60.7 Å². The van der Waals surface area contributed by atoms with Crippen molar-refractivity contribution in [3.8, 4) is 0 Å². The molecule has 2 aromatic rings. The van der Waals surface area contributed by atoms with Crippen LogP contribution in [0.25, 0.3) is 0 Å². The zero-order valence-electron chi connectivity index (χ0n) is 21.8. The Hall–Kier alpha value is -2.66. The fraction of sp³-hybridized carbons (Fsp3) is 0.562. The summed E-state index contributed by atoms with van der Waals surface area (Å²) in [4.78, 5) is 30.9. The van der Waals surface area contributed by atoms with Gasteiger partial charge in [-0.1, -0.05) is 60.7 Å². The Morgan fingerprint density at radius 3 is 2.22 bits per heavy atom. The molecule has 6 fully saturated rings. The molecule has 6 aliphatic rings. The molecule has 4 aliphatic carbocycles. The van der Waals surface area contributed by atoms with Crippen molar-refractivity contribution in [1.82, 2.24) is 15.1 Å². The number of nitrogens with one attached hydrogen (secondary N) is 1. The van der Waals surface area contributed by atoms with E-state index < -0.39 is 0 Å². The van der Waals surface area contributed by atoms with Crippen LogP contribution >= 0.6 is 0 Å². The van der Waals surface area contributed by atoms with E-state index in [2.05, 4.69) is 70.9 Å². The van der Waals surface area contributed by atoms with E-state index in [1.165, 1.54) is 43.2 Å². The highest BCUT2D eigenvalue weighted by atomic mass is 16.2. The first-order valence-corrected chi connectivity index (χ1v) is 14.4. The lowest BCUT2D eigenvalue weighted by Crippen LogP contribution is -2.55. The number of hydrogen-bond donors (Lipinski definition) is 1. The Labute approximate surface area is 220 Å². The van der Waals surface area contributed by atoms with E-state index in [9.17, 15) is 9.59 Å². The number of likely N-dealkylation sites (tertiary alicyclic amines) is 2. The number of benzene rings is 2. The van der Waals surface area contributed by atoms with Crippen LogP contribution in [0.2, 0.25) is 0 Å². The number of carbonyl (C=O) groups excluding carboxylic acids is 2. The zero-order valence-corrected chi connectivity index (χ0v) is 21.8. The van der Waals surface area contributed by atoms with Gasteiger partial charge in [-0.2, -0.15) is 0 Å². The van der Waals surface area contributed by atoms with Gasteiger partial charge in [-0.25, -0.2) is 0 Å². The molecule has 2 saturated heterocycles. The predicted molar refractivity (Wildman–Crippen MR) is 144 cm³/mol. The summed E-state index contributed by atoms with van der Waals surface area (Å²) in [5.74, 6) is 1.66. The first-order chi connectivity index (χ1) is 18.0. The molecule has 4 saturated carbocycles. The third-order valence-corrected chi connectivity index (χ3v) is 10.4. The van der Waals surface area contributed by atoms with Gasteiger partial charge in [0, 0.05) is 38.1 Å². The fourth-order valence-electron chi connectivity index (χ4n) is 9.53. The summed E-state index contributed by atoms with van der Waals surface area (Å²) in [6.45, 7) is 2.83. The monoisotopic (exact) mass is 497 g/mol. The molecule has 2 aromatic carbocycles. The van der Waals surface area contributed by atoms with Crippen molar-refractivity contribution in [3.05, 3.63) is 71.8 Å². The highest BCUT2D eigenvalue weighted by Crippen LogP contribution is 2.66. The highest BCUT2D eigenvalue weighted by Gasteiger charge is 2.58. The van der Waals surface area contributed by atoms with Gasteiger partial charge in [0.15, 0.2) is 0 Å². The minimum absolute atomic E-state index is 0.0774. The van der Waals surface area contributed by atoms with Crippen LogP contribution in [0.3, 0.4) is 0 Å². The summed E-state index contributed by atoms with van der Waals surface area (Å²) in [5.41, 5.74) is 3.17. The fourth-order valence-corrected chi connectivity index (χ4v) is 9.53. The van der Waals surface area contributed by atoms with Crippen molar-refractivity contribution in [2.24, 2.45) is 17.3 Å². The summed E-state index contributed by atoms with van der Waals surface area (Å²) in [7, 11) is 0. The standard InChI is InChI=1S/C32H39N3O2/c36-29(17-31-13-24-11-25(14-31)16-32(15-24,22-31)26-9-5-2-6-10-26)33-18-30(37)35-21-27-12-28(35)20-34(27)19-23-7-3-1-4-8-23/h1-10,24-25,27-28H,11-22H2,(H,33,36). The number of nitrogens with zero attached hydrogens (tertiary/aromatic N) is 2. The second-order valence-corrected chi connectivity index (χ2v) is 13.1. The van der Waals surface area contributed by atoms with Crippen molar-refractivity contribution >= 4 is 11.8 Å². The number of hydrogen-bond acceptors (Lipinski definition) is 3. The molecule has 0 aromatic heterocycles. The number of piperazine rings is 1. The Bertz CT molecular complexity index is 1150. The van der Waals surface area contributed by atoms with Gasteiger partial charge >= 0.3 is 0 Å². The molecule has 194 valence electrons. The van der Waals surface area contributed by atoms with E-state index in [1.54, 1.807) is 0 Å². The Morgan fingerprint density at radius 1 is 0.838 bits per heavy atom. The lowest BCUT2D eigenvalue weighted by molar-refractivity contribution is -0.137. The summed E-state index contributed by atoms with van der Waals surface area (Å²) in [6, 6.07) is 22.4. The van der Waals surface area contributed by atoms with Crippen molar-refractivity contribution in [3.63, 3.8) is 0 Å². The molecule has 37 heavy (non-hydrogen) atoms. The molecule has 2 amide bonds. The zero-order chi connectivity index (χ0) is 25.0. The Kier molecular flexibility index (Phi) is 5.69. The van der Waals surface area contributed by atoms with Crippen molar-refractivity contribution in [1.29, 1.82) is 0 Å². The molecule has 2 aliphatic heterocycles. The average molecular weight is 498 g/mol. The molecule has 6 bridgehead atoms. The summed E-state index contributed by atoms with van der Waals surface area (Å²) < 4.78 is 0. The molecular weight excluding hydrogens is 458 g/mol. The average Bonchev–Trinajstić information content (AvgIpc) is 3.48. The number of carbonyl (C=O) groups is 2. The van der Waals surface area contributed by atoms with Gasteiger partial charge in [-0.05, 0) is 78.7 Å². The lowest BCUT2D eigenvalue weighted by Gasteiger charge is -2.62. The van der Waals surface area contributed by atoms with Crippen LogP contribution in [0.5, 0.6) is 0 Å². The van der Waals surface area contributed by atoms with Crippen LogP contribution in [0.4, 0.5) is 0 Å². The van der Waals surface area contributed by atoms with Gasteiger partial charge in [-0.3, -0.25) is 14.5 Å². The topological polar surface area (TPSA) is 52.7 Å². The molecular formula is C32H39N3O2. The molecule has 4 atom stereocenters. The van der Waals surface area contributed by atoms with Crippen LogP contribution in [0.1, 0.15) is 62.5 Å². The molecule has 4 unspecified atom stereocenters. The predicted octanol–water partition coefficient (Wildman–Crippen LogP) is 4.52. The first-order valence-electron chi connectivity index (χ1n) is 14.4. The molecule has 2 heterocycles. The summed E-state index contributed by atoms with van der Waals surface area (Å²) in [5, 5.41) is 3.05. The maximum atomic E-state index is 13.2. The van der Waals surface area contributed by atoms with E-state index >= 15 is 0 Å². The van der Waals surface area contributed by atoms with Crippen molar-refractivity contribution in [2.75, 3.05) is 19.6 Å². The van der Waals surface area contributed by atoms with E-state index in [1.807, 2.05) is 4.90 Å². The summed E-state index contributed by atoms with van der Waals surface area (Å²) >= 11 is 0. The smallest absolute Gasteiger partial charge is 0.242 e. The van der Waals surface area contributed by atoms with Gasteiger partial charge in [0.2, 0.25) is 11.8 Å². The van der Waals surface area contributed by atoms with Gasteiger partial charge in [-0.15, -0.1) is 0 Å². The van der Waals surface area contributed by atoms with Crippen LogP contribution in [-0.2, 0) is 21.5 Å². The van der Waals surface area contributed by atoms with Gasteiger partial charge in [0.1, 0.15) is 0 Å².